The first-order valence-electron chi connectivity index (χ1n) is 6.60. The molecule has 0 radical (unpaired) electrons. The highest BCUT2D eigenvalue weighted by Crippen LogP contribution is 2.23. The molecule has 1 aromatic carbocycles. The predicted octanol–water partition coefficient (Wildman–Crippen LogP) is 3.67. The lowest BCUT2D eigenvalue weighted by atomic mass is 10.2. The number of rotatable bonds is 6. The lowest BCUT2D eigenvalue weighted by Crippen LogP contribution is -2.18. The number of thiophene rings is 1. The second-order valence-corrected chi connectivity index (χ2v) is 6.92. The van der Waals surface area contributed by atoms with Crippen molar-refractivity contribution < 1.29 is 9.59 Å². The summed E-state index contributed by atoms with van der Waals surface area (Å²) in [4.78, 5) is 25.9. The van der Waals surface area contributed by atoms with E-state index in [9.17, 15) is 9.59 Å². The number of aryl methyl sites for hydroxylation is 1. The molecule has 0 aliphatic carbocycles. The number of nitrogens with one attached hydrogen (secondary N) is 1. The molecule has 110 valence electrons. The molecule has 1 heterocycles. The largest absolute Gasteiger partial charge is 0.351 e. The Morgan fingerprint density at radius 1 is 1.24 bits per heavy atom. The zero-order chi connectivity index (χ0) is 15.2. The third-order valence-electron chi connectivity index (χ3n) is 2.81. The molecular formula is C16H17NO2S2. The van der Waals surface area contributed by atoms with Gasteiger partial charge in [-0.3, -0.25) is 9.59 Å². The van der Waals surface area contributed by atoms with Crippen LogP contribution in [0.5, 0.6) is 0 Å². The molecule has 0 saturated heterocycles. The molecule has 5 heteroatoms. The topological polar surface area (TPSA) is 46.2 Å². The van der Waals surface area contributed by atoms with Crippen LogP contribution < -0.4 is 5.32 Å². The average molecular weight is 319 g/mol. The maximum absolute atomic E-state index is 12.2. The highest BCUT2D eigenvalue weighted by atomic mass is 32.2. The van der Waals surface area contributed by atoms with Crippen LogP contribution in [0, 0.1) is 6.92 Å². The number of carbonyl (C=O) groups excluding carboxylic acids is 2. The molecule has 0 saturated carbocycles. The highest BCUT2D eigenvalue weighted by molar-refractivity contribution is 8.00. The molecule has 2 aromatic rings. The maximum Gasteiger partial charge on any atom is 0.217 e. The van der Waals surface area contributed by atoms with Gasteiger partial charge in [-0.1, -0.05) is 17.7 Å². The molecule has 1 N–H and O–H groups in total. The average Bonchev–Trinajstić information content (AvgIpc) is 2.91. The number of hydrogen-bond acceptors (Lipinski definition) is 4. The van der Waals surface area contributed by atoms with Crippen LogP contribution in [0.2, 0.25) is 0 Å². The maximum atomic E-state index is 12.2. The fourth-order valence-electron chi connectivity index (χ4n) is 1.76. The van der Waals surface area contributed by atoms with Crippen molar-refractivity contribution in [3.63, 3.8) is 0 Å². The summed E-state index contributed by atoms with van der Waals surface area (Å²) in [6, 6.07) is 11.9. The summed E-state index contributed by atoms with van der Waals surface area (Å²) in [5.41, 5.74) is 1.20. The van der Waals surface area contributed by atoms with Gasteiger partial charge in [0.05, 0.1) is 17.2 Å². The van der Waals surface area contributed by atoms with Crippen molar-refractivity contribution in [1.82, 2.24) is 5.32 Å². The van der Waals surface area contributed by atoms with Gasteiger partial charge in [0.25, 0.3) is 0 Å². The van der Waals surface area contributed by atoms with E-state index in [0.717, 1.165) is 14.6 Å². The summed E-state index contributed by atoms with van der Waals surface area (Å²) in [6.45, 7) is 4.01. The number of thioether (sulfide) groups is 1. The molecule has 3 nitrogen and oxygen atoms in total. The van der Waals surface area contributed by atoms with E-state index >= 15 is 0 Å². The Balaban J connectivity index is 1.90. The van der Waals surface area contributed by atoms with E-state index in [1.807, 2.05) is 37.3 Å². The number of Topliss-reactive ketones (excluding diaryl/α,β-unsaturated/α-hetero) is 1. The monoisotopic (exact) mass is 319 g/mol. The van der Waals surface area contributed by atoms with Gasteiger partial charge in [0.2, 0.25) is 5.91 Å². The number of ketones is 1. The van der Waals surface area contributed by atoms with Crippen LogP contribution in [0.4, 0.5) is 0 Å². The molecule has 21 heavy (non-hydrogen) atoms. The molecule has 1 amide bonds. The van der Waals surface area contributed by atoms with E-state index in [0.29, 0.717) is 12.3 Å². The molecule has 0 fully saturated rings. The molecular weight excluding hydrogens is 302 g/mol. The Morgan fingerprint density at radius 3 is 2.76 bits per heavy atom. The second kappa shape index (κ2) is 7.43. The van der Waals surface area contributed by atoms with Gasteiger partial charge >= 0.3 is 0 Å². The van der Waals surface area contributed by atoms with Gasteiger partial charge in [-0.15, -0.1) is 23.1 Å². The van der Waals surface area contributed by atoms with Crippen LogP contribution in [0.15, 0.2) is 41.3 Å². The standard InChI is InChI=1S/C16H17NO2S2/c1-11-4-3-5-13(8-11)20-10-15(19)16-7-6-14(21-16)9-17-12(2)18/h3-8H,9-10H2,1-2H3,(H,17,18). The van der Waals surface area contributed by atoms with Crippen molar-refractivity contribution >= 4 is 34.8 Å². The van der Waals surface area contributed by atoms with Crippen molar-refractivity contribution in [1.29, 1.82) is 0 Å². The van der Waals surface area contributed by atoms with Gasteiger partial charge < -0.3 is 5.32 Å². The Morgan fingerprint density at radius 2 is 2.05 bits per heavy atom. The molecule has 0 aliphatic heterocycles. The fourth-order valence-corrected chi connectivity index (χ4v) is 3.63. The van der Waals surface area contributed by atoms with Crippen LogP contribution in [-0.4, -0.2) is 17.4 Å². The molecule has 0 bridgehead atoms. The molecule has 0 atom stereocenters. The number of hydrogen-bond donors (Lipinski definition) is 1. The summed E-state index contributed by atoms with van der Waals surface area (Å²) in [5.74, 6) is 0.496. The highest BCUT2D eigenvalue weighted by Gasteiger charge is 2.10. The van der Waals surface area contributed by atoms with E-state index in [4.69, 9.17) is 0 Å². The first kappa shape index (κ1) is 15.8. The lowest BCUT2D eigenvalue weighted by molar-refractivity contribution is -0.119. The fraction of sp³-hybridized carbons (Fsp3) is 0.250. The molecule has 0 unspecified atom stereocenters. The summed E-state index contributed by atoms with van der Waals surface area (Å²) < 4.78 is 0. The van der Waals surface area contributed by atoms with Gasteiger partial charge in [0, 0.05) is 16.7 Å². The normalized spacial score (nSPS) is 10.4. The number of carbonyl (C=O) groups is 2. The minimum Gasteiger partial charge on any atom is -0.351 e. The Hall–Kier alpha value is -1.59. The van der Waals surface area contributed by atoms with Crippen LogP contribution in [0.3, 0.4) is 0 Å². The SMILES string of the molecule is CC(=O)NCc1ccc(C(=O)CSc2cccc(C)c2)s1. The number of amides is 1. The number of benzene rings is 1. The molecule has 0 spiro atoms. The van der Waals surface area contributed by atoms with Gasteiger partial charge in [0.15, 0.2) is 5.78 Å². The van der Waals surface area contributed by atoms with Gasteiger partial charge in [-0.05, 0) is 31.2 Å². The summed E-state index contributed by atoms with van der Waals surface area (Å²) >= 11 is 3.00. The third kappa shape index (κ3) is 5.02. The molecule has 1 aromatic heterocycles. The Bertz CT molecular complexity index is 649. The predicted molar refractivity (Wildman–Crippen MR) is 88.1 cm³/mol. The van der Waals surface area contributed by atoms with Crippen LogP contribution >= 0.6 is 23.1 Å². The van der Waals surface area contributed by atoms with Crippen molar-refractivity contribution in [3.05, 3.63) is 51.7 Å². The van der Waals surface area contributed by atoms with E-state index in [2.05, 4.69) is 11.4 Å². The third-order valence-corrected chi connectivity index (χ3v) is 4.93. The van der Waals surface area contributed by atoms with E-state index in [1.165, 1.54) is 23.8 Å². The van der Waals surface area contributed by atoms with Crippen molar-refractivity contribution in [2.24, 2.45) is 0 Å². The zero-order valence-corrected chi connectivity index (χ0v) is 13.6. The van der Waals surface area contributed by atoms with E-state index in [1.54, 1.807) is 11.8 Å². The summed E-state index contributed by atoms with van der Waals surface area (Å²) in [5, 5.41) is 2.73. The van der Waals surface area contributed by atoms with Crippen LogP contribution in [0.25, 0.3) is 0 Å². The van der Waals surface area contributed by atoms with E-state index in [-0.39, 0.29) is 11.7 Å². The van der Waals surface area contributed by atoms with Crippen LogP contribution in [-0.2, 0) is 11.3 Å². The minimum atomic E-state index is -0.0636. The molecule has 2 rings (SSSR count). The van der Waals surface area contributed by atoms with Crippen molar-refractivity contribution in [3.8, 4) is 0 Å². The minimum absolute atomic E-state index is 0.0636. The quantitative estimate of drug-likeness (QED) is 0.653. The van der Waals surface area contributed by atoms with Gasteiger partial charge in [-0.25, -0.2) is 0 Å². The smallest absolute Gasteiger partial charge is 0.217 e. The van der Waals surface area contributed by atoms with Crippen molar-refractivity contribution in [2.45, 2.75) is 25.3 Å². The van der Waals surface area contributed by atoms with Gasteiger partial charge in [0.1, 0.15) is 0 Å². The Labute approximate surface area is 132 Å². The second-order valence-electron chi connectivity index (χ2n) is 4.70. The lowest BCUT2D eigenvalue weighted by Gasteiger charge is -2.01. The zero-order valence-electron chi connectivity index (χ0n) is 12.0. The summed E-state index contributed by atoms with van der Waals surface area (Å²) in [6.07, 6.45) is 0. The molecule has 0 aliphatic rings. The van der Waals surface area contributed by atoms with Crippen LogP contribution in [0.1, 0.15) is 27.0 Å². The first-order chi connectivity index (χ1) is 10.0. The summed E-state index contributed by atoms with van der Waals surface area (Å²) in [7, 11) is 0. The first-order valence-corrected chi connectivity index (χ1v) is 8.40. The van der Waals surface area contributed by atoms with Crippen molar-refractivity contribution in [2.75, 3.05) is 5.75 Å². The van der Waals surface area contributed by atoms with E-state index < -0.39 is 0 Å². The Kier molecular flexibility index (Phi) is 5.59. The van der Waals surface area contributed by atoms with Gasteiger partial charge in [-0.2, -0.15) is 0 Å².